The number of rotatable bonds is 4. The molecule has 7 nitrogen and oxygen atoms in total. The minimum Gasteiger partial charge on any atom is -0.374 e. The minimum absolute atomic E-state index is 0.117. The fourth-order valence-corrected chi connectivity index (χ4v) is 4.69. The van der Waals surface area contributed by atoms with E-state index in [1.807, 2.05) is 0 Å². The van der Waals surface area contributed by atoms with Crippen LogP contribution < -0.4 is 9.08 Å². The SMILES string of the molecule is CC(=O)N1c2ccccc2[C@@](C#N)(c2ccccc2)[C@@H]1c1cncc(OS(=O)(=O)C(F)(F)F)c1. The van der Waals surface area contributed by atoms with Gasteiger partial charge >= 0.3 is 15.6 Å². The number of nitrogens with zero attached hydrogens (tertiary/aromatic N) is 3. The zero-order chi connectivity index (χ0) is 24.7. The van der Waals surface area contributed by atoms with Gasteiger partial charge in [0.25, 0.3) is 0 Å². The number of halogens is 3. The van der Waals surface area contributed by atoms with Gasteiger partial charge in [-0.05, 0) is 23.3 Å². The third-order valence-electron chi connectivity index (χ3n) is 5.54. The molecule has 3 aromatic rings. The highest BCUT2D eigenvalue weighted by atomic mass is 32.2. The lowest BCUT2D eigenvalue weighted by Crippen LogP contribution is -2.40. The number of para-hydroxylation sites is 1. The van der Waals surface area contributed by atoms with Gasteiger partial charge in [-0.3, -0.25) is 9.78 Å². The molecule has 0 fully saturated rings. The van der Waals surface area contributed by atoms with Crippen LogP contribution in [0.3, 0.4) is 0 Å². The number of alkyl halides is 3. The molecular formula is C23H16F3N3O4S. The number of anilines is 1. The van der Waals surface area contributed by atoms with E-state index in [2.05, 4.69) is 15.2 Å². The predicted octanol–water partition coefficient (Wildman–Crippen LogP) is 4.23. The number of nitriles is 1. The van der Waals surface area contributed by atoms with Crippen LogP contribution in [0.4, 0.5) is 18.9 Å². The zero-order valence-electron chi connectivity index (χ0n) is 17.5. The molecule has 34 heavy (non-hydrogen) atoms. The highest BCUT2D eigenvalue weighted by Gasteiger charge is 2.55. The van der Waals surface area contributed by atoms with Crippen LogP contribution in [0.1, 0.15) is 29.7 Å². The van der Waals surface area contributed by atoms with E-state index in [-0.39, 0.29) is 5.56 Å². The standard InChI is InChI=1S/C23H16F3N3O4S/c1-15(30)29-20-10-6-5-9-19(20)22(14-27,17-7-3-2-4-8-17)21(29)16-11-18(13-28-12-16)33-34(31,32)23(24,25)26/h2-13,21H,1H3/t21-,22+/m0/s1. The highest BCUT2D eigenvalue weighted by Crippen LogP contribution is 2.56. The van der Waals surface area contributed by atoms with Crippen LogP contribution in [0, 0.1) is 11.3 Å². The second kappa shape index (κ2) is 8.14. The molecule has 0 bridgehead atoms. The van der Waals surface area contributed by atoms with E-state index in [0.717, 1.165) is 12.3 Å². The van der Waals surface area contributed by atoms with Gasteiger partial charge < -0.3 is 9.08 Å². The van der Waals surface area contributed by atoms with Crippen LogP contribution in [0.25, 0.3) is 0 Å². The topological polar surface area (TPSA) is 100 Å². The van der Waals surface area contributed by atoms with Gasteiger partial charge in [0, 0.05) is 24.4 Å². The lowest BCUT2D eigenvalue weighted by atomic mass is 9.70. The largest absolute Gasteiger partial charge is 0.534 e. The molecule has 0 spiro atoms. The van der Waals surface area contributed by atoms with Crippen LogP contribution in [0.5, 0.6) is 5.75 Å². The molecular weight excluding hydrogens is 471 g/mol. The van der Waals surface area contributed by atoms with Crippen LogP contribution in [-0.2, 0) is 20.3 Å². The summed E-state index contributed by atoms with van der Waals surface area (Å²) in [7, 11) is -5.95. The summed E-state index contributed by atoms with van der Waals surface area (Å²) in [5.41, 5.74) is -5.50. The molecule has 1 amide bonds. The van der Waals surface area contributed by atoms with E-state index >= 15 is 0 Å². The first-order valence-electron chi connectivity index (χ1n) is 9.84. The molecule has 0 unspecified atom stereocenters. The number of carbonyl (C=O) groups excluding carboxylic acids is 1. The maximum absolute atomic E-state index is 12.8. The molecule has 1 aromatic heterocycles. The highest BCUT2D eigenvalue weighted by molar-refractivity contribution is 7.88. The Morgan fingerprint density at radius 3 is 2.38 bits per heavy atom. The molecule has 1 aliphatic rings. The summed E-state index contributed by atoms with van der Waals surface area (Å²) in [6.45, 7) is 1.30. The van der Waals surface area contributed by atoms with Gasteiger partial charge in [-0.25, -0.2) is 0 Å². The van der Waals surface area contributed by atoms with Crippen molar-refractivity contribution in [3.05, 3.63) is 89.7 Å². The molecule has 0 saturated carbocycles. The summed E-state index contributed by atoms with van der Waals surface area (Å²) >= 11 is 0. The van der Waals surface area contributed by atoms with Crippen molar-refractivity contribution in [3.63, 3.8) is 0 Å². The summed E-state index contributed by atoms with van der Waals surface area (Å²) in [5, 5.41) is 10.5. The number of hydrogen-bond acceptors (Lipinski definition) is 6. The van der Waals surface area contributed by atoms with Gasteiger partial charge in [-0.15, -0.1) is 0 Å². The smallest absolute Gasteiger partial charge is 0.374 e. The zero-order valence-corrected chi connectivity index (χ0v) is 18.3. The van der Waals surface area contributed by atoms with Gasteiger partial charge in [0.05, 0.1) is 18.3 Å². The van der Waals surface area contributed by atoms with Gasteiger partial charge in [0.2, 0.25) is 5.91 Å². The molecule has 0 radical (unpaired) electrons. The van der Waals surface area contributed by atoms with Crippen molar-refractivity contribution < 1.29 is 30.6 Å². The van der Waals surface area contributed by atoms with Crippen molar-refractivity contribution in [2.45, 2.75) is 23.9 Å². The maximum atomic E-state index is 12.8. The number of hydrogen-bond donors (Lipinski definition) is 0. The third kappa shape index (κ3) is 3.56. The molecule has 4 rings (SSSR count). The Balaban J connectivity index is 1.96. The van der Waals surface area contributed by atoms with Crippen LogP contribution in [0.2, 0.25) is 0 Å². The Labute approximate surface area is 193 Å². The van der Waals surface area contributed by atoms with Crippen LogP contribution in [0.15, 0.2) is 73.1 Å². The Kier molecular flexibility index (Phi) is 5.57. The Bertz CT molecular complexity index is 1400. The quantitative estimate of drug-likeness (QED) is 0.403. The van der Waals surface area contributed by atoms with Gasteiger partial charge in [0.1, 0.15) is 5.41 Å². The Morgan fingerprint density at radius 2 is 1.76 bits per heavy atom. The lowest BCUT2D eigenvalue weighted by molar-refractivity contribution is -0.117. The van der Waals surface area contributed by atoms with Crippen LogP contribution in [-0.4, -0.2) is 24.8 Å². The van der Waals surface area contributed by atoms with E-state index in [4.69, 9.17) is 0 Å². The van der Waals surface area contributed by atoms with Crippen LogP contribution >= 0.6 is 0 Å². The Hall–Kier alpha value is -3.91. The summed E-state index contributed by atoms with van der Waals surface area (Å²) in [5.74, 6) is -1.13. The lowest BCUT2D eigenvalue weighted by Gasteiger charge is -2.34. The second-order valence-corrected chi connectivity index (χ2v) is 9.07. The van der Waals surface area contributed by atoms with Gasteiger partial charge in [-0.1, -0.05) is 48.5 Å². The maximum Gasteiger partial charge on any atom is 0.534 e. The third-order valence-corrected chi connectivity index (χ3v) is 6.52. The van der Waals surface area contributed by atoms with Crippen molar-refractivity contribution in [2.75, 3.05) is 4.90 Å². The summed E-state index contributed by atoms with van der Waals surface area (Å²) in [6, 6.07) is 17.7. The monoisotopic (exact) mass is 487 g/mol. The average Bonchev–Trinajstić information content (AvgIpc) is 3.10. The number of aromatic nitrogens is 1. The average molecular weight is 487 g/mol. The molecule has 11 heteroatoms. The van der Waals surface area contributed by atoms with Gasteiger partial charge in [-0.2, -0.15) is 26.9 Å². The Morgan fingerprint density at radius 1 is 1.12 bits per heavy atom. The van der Waals surface area contributed by atoms with E-state index in [9.17, 15) is 31.6 Å². The molecule has 2 atom stereocenters. The fraction of sp³-hybridized carbons (Fsp3) is 0.174. The number of benzene rings is 2. The number of carbonyl (C=O) groups is 1. The second-order valence-electron chi connectivity index (χ2n) is 7.53. The predicted molar refractivity (Wildman–Crippen MR) is 115 cm³/mol. The normalized spacial score (nSPS) is 19.9. The van der Waals surface area contributed by atoms with E-state index in [1.165, 1.54) is 18.0 Å². The number of fused-ring (bicyclic) bond motifs is 1. The van der Waals surface area contributed by atoms with E-state index < -0.39 is 38.7 Å². The van der Waals surface area contributed by atoms with Gasteiger partial charge in [0.15, 0.2) is 5.75 Å². The molecule has 2 heterocycles. The molecule has 0 saturated heterocycles. The molecule has 2 aromatic carbocycles. The first-order valence-corrected chi connectivity index (χ1v) is 11.3. The first-order chi connectivity index (χ1) is 16.0. The molecule has 1 aliphatic heterocycles. The molecule has 174 valence electrons. The summed E-state index contributed by atoms with van der Waals surface area (Å²) in [6.07, 6.45) is 2.07. The van der Waals surface area contributed by atoms with Crippen molar-refractivity contribution in [3.8, 4) is 11.8 Å². The van der Waals surface area contributed by atoms with E-state index in [1.54, 1.807) is 54.6 Å². The number of amides is 1. The summed E-state index contributed by atoms with van der Waals surface area (Å²) < 4.78 is 65.8. The van der Waals surface area contributed by atoms with Crippen molar-refractivity contribution in [1.82, 2.24) is 4.98 Å². The minimum atomic E-state index is -5.95. The van der Waals surface area contributed by atoms with Crippen molar-refractivity contribution in [1.29, 1.82) is 5.26 Å². The van der Waals surface area contributed by atoms with Crippen molar-refractivity contribution in [2.24, 2.45) is 0 Å². The molecule has 0 aliphatic carbocycles. The number of pyridine rings is 1. The molecule has 0 N–H and O–H groups in total. The first kappa shape index (κ1) is 23.3. The fourth-order valence-electron chi connectivity index (χ4n) is 4.25. The summed E-state index contributed by atoms with van der Waals surface area (Å²) in [4.78, 5) is 18.0. The van der Waals surface area contributed by atoms with Crippen molar-refractivity contribution >= 4 is 21.7 Å². The van der Waals surface area contributed by atoms with E-state index in [0.29, 0.717) is 16.8 Å².